The topological polar surface area (TPSA) is 112 Å². The van der Waals surface area contributed by atoms with Crippen LogP contribution in [0, 0.1) is 0 Å². The van der Waals surface area contributed by atoms with Crippen LogP contribution in [0.15, 0.2) is 60.7 Å². The molecule has 2 aromatic carbocycles. The molecular formula is C23H28N2O7. The van der Waals surface area contributed by atoms with Gasteiger partial charge in [-0.3, -0.25) is 0 Å². The Bertz CT molecular complexity index is 831. The first-order valence-electron chi connectivity index (χ1n) is 10.3. The molecule has 1 unspecified atom stereocenters. The highest BCUT2D eigenvalue weighted by molar-refractivity contribution is 5.82. The Hall–Kier alpha value is -3.59. The predicted molar refractivity (Wildman–Crippen MR) is 117 cm³/mol. The van der Waals surface area contributed by atoms with Crippen molar-refractivity contribution in [3.63, 3.8) is 0 Å². The van der Waals surface area contributed by atoms with E-state index in [0.29, 0.717) is 37.3 Å². The van der Waals surface area contributed by atoms with Gasteiger partial charge in [-0.2, -0.15) is 0 Å². The number of nitrogens with one attached hydrogen (secondary N) is 2. The van der Waals surface area contributed by atoms with Gasteiger partial charge in [0, 0.05) is 13.7 Å². The number of rotatable bonds is 12. The first kappa shape index (κ1) is 24.7. The van der Waals surface area contributed by atoms with Gasteiger partial charge in [-0.1, -0.05) is 36.4 Å². The molecule has 0 heterocycles. The number of methoxy groups -OCH3 is 1. The number of carbonyl (C=O) groups excluding carboxylic acids is 3. The van der Waals surface area contributed by atoms with E-state index in [4.69, 9.17) is 18.9 Å². The van der Waals surface area contributed by atoms with Gasteiger partial charge in [-0.05, 0) is 43.5 Å². The van der Waals surface area contributed by atoms with Crippen LogP contribution in [0.1, 0.15) is 19.3 Å². The van der Waals surface area contributed by atoms with Crippen molar-refractivity contribution in [3.8, 4) is 11.5 Å². The predicted octanol–water partition coefficient (Wildman–Crippen LogP) is 3.29. The molecule has 9 nitrogen and oxygen atoms in total. The second-order valence-electron chi connectivity index (χ2n) is 6.68. The molecule has 0 bridgehead atoms. The molecule has 2 rings (SSSR count). The van der Waals surface area contributed by atoms with Crippen LogP contribution in [0.25, 0.3) is 0 Å². The van der Waals surface area contributed by atoms with Crippen molar-refractivity contribution >= 4 is 18.2 Å². The van der Waals surface area contributed by atoms with Gasteiger partial charge in [-0.25, -0.2) is 14.4 Å². The molecular weight excluding hydrogens is 416 g/mol. The van der Waals surface area contributed by atoms with E-state index in [9.17, 15) is 14.4 Å². The molecule has 0 aliphatic heterocycles. The highest BCUT2D eigenvalue weighted by Crippen LogP contribution is 2.10. The van der Waals surface area contributed by atoms with Crippen LogP contribution < -0.4 is 20.1 Å². The van der Waals surface area contributed by atoms with Gasteiger partial charge in [-0.15, -0.1) is 0 Å². The van der Waals surface area contributed by atoms with E-state index in [1.54, 1.807) is 54.6 Å². The summed E-state index contributed by atoms with van der Waals surface area (Å²) < 4.78 is 20.3. The number of ether oxygens (including phenoxy) is 4. The maximum Gasteiger partial charge on any atom is 0.413 e. The summed E-state index contributed by atoms with van der Waals surface area (Å²) >= 11 is 0. The summed E-state index contributed by atoms with van der Waals surface area (Å²) in [4.78, 5) is 36.3. The minimum atomic E-state index is -0.890. The lowest BCUT2D eigenvalue weighted by Gasteiger charge is -2.17. The molecule has 0 aliphatic carbocycles. The van der Waals surface area contributed by atoms with Gasteiger partial charge in [0.2, 0.25) is 0 Å². The number of para-hydroxylation sites is 2. The summed E-state index contributed by atoms with van der Waals surface area (Å²) in [7, 11) is 1.50. The van der Waals surface area contributed by atoms with Crippen LogP contribution in [-0.4, -0.2) is 51.1 Å². The van der Waals surface area contributed by atoms with Crippen LogP contribution in [0.3, 0.4) is 0 Å². The van der Waals surface area contributed by atoms with Crippen LogP contribution in [0.2, 0.25) is 0 Å². The fourth-order valence-electron chi connectivity index (χ4n) is 2.64. The zero-order valence-electron chi connectivity index (χ0n) is 18.0. The zero-order valence-corrected chi connectivity index (χ0v) is 18.0. The Morgan fingerprint density at radius 2 is 1.41 bits per heavy atom. The Morgan fingerprint density at radius 3 is 2.00 bits per heavy atom. The lowest BCUT2D eigenvalue weighted by Crippen LogP contribution is -2.43. The van der Waals surface area contributed by atoms with Gasteiger partial charge >= 0.3 is 18.2 Å². The zero-order chi connectivity index (χ0) is 23.0. The number of carbonyl (C=O) groups is 3. The summed E-state index contributed by atoms with van der Waals surface area (Å²) in [6.07, 6.45) is 0.110. The minimum absolute atomic E-state index is 0.0775. The quantitative estimate of drug-likeness (QED) is 0.382. The summed E-state index contributed by atoms with van der Waals surface area (Å²) in [5, 5.41) is 5.18. The van der Waals surface area contributed by atoms with E-state index in [2.05, 4.69) is 10.6 Å². The third kappa shape index (κ3) is 9.94. The van der Waals surface area contributed by atoms with Crippen LogP contribution in [0.4, 0.5) is 9.59 Å². The van der Waals surface area contributed by atoms with Crippen molar-refractivity contribution in [2.24, 2.45) is 0 Å². The van der Waals surface area contributed by atoms with Crippen LogP contribution in [-0.2, 0) is 14.3 Å². The molecule has 32 heavy (non-hydrogen) atoms. The average molecular weight is 444 g/mol. The third-order valence-electron chi connectivity index (χ3n) is 4.20. The first-order chi connectivity index (χ1) is 15.6. The molecule has 9 heteroatoms. The van der Waals surface area contributed by atoms with Crippen molar-refractivity contribution in [3.05, 3.63) is 60.7 Å². The summed E-state index contributed by atoms with van der Waals surface area (Å²) in [6.45, 7) is 0.681. The maximum atomic E-state index is 12.3. The van der Waals surface area contributed by atoms with Crippen LogP contribution in [0.5, 0.6) is 11.5 Å². The van der Waals surface area contributed by atoms with E-state index in [1.807, 2.05) is 6.07 Å². The second kappa shape index (κ2) is 14.4. The number of benzene rings is 2. The third-order valence-corrected chi connectivity index (χ3v) is 4.20. The van der Waals surface area contributed by atoms with Crippen molar-refractivity contribution in [1.82, 2.24) is 10.6 Å². The highest BCUT2D eigenvalue weighted by atomic mass is 16.6. The molecule has 0 aliphatic rings. The van der Waals surface area contributed by atoms with Gasteiger partial charge < -0.3 is 29.6 Å². The van der Waals surface area contributed by atoms with Crippen molar-refractivity contribution in [2.45, 2.75) is 25.3 Å². The smallest absolute Gasteiger partial charge is 0.413 e. The Kier molecular flexibility index (Phi) is 11.1. The van der Waals surface area contributed by atoms with Gasteiger partial charge in [0.1, 0.15) is 24.1 Å². The molecule has 0 saturated carbocycles. The van der Waals surface area contributed by atoms with E-state index < -0.39 is 24.2 Å². The summed E-state index contributed by atoms with van der Waals surface area (Å²) in [5.74, 6) is 0.228. The fraction of sp³-hybridized carbons (Fsp3) is 0.348. The molecule has 2 amide bonds. The molecule has 172 valence electrons. The van der Waals surface area contributed by atoms with Crippen molar-refractivity contribution in [2.75, 3.05) is 26.9 Å². The van der Waals surface area contributed by atoms with E-state index in [1.165, 1.54) is 7.11 Å². The van der Waals surface area contributed by atoms with Crippen molar-refractivity contribution < 1.29 is 33.3 Å². The van der Waals surface area contributed by atoms with Crippen LogP contribution >= 0.6 is 0 Å². The minimum Gasteiger partial charge on any atom is -0.462 e. The lowest BCUT2D eigenvalue weighted by molar-refractivity contribution is -0.147. The Balaban J connectivity index is 1.76. The standard InChI is InChI=1S/C23H28N2O7/c1-29-16-17-30-21(26)20(25-23(28)32-19-12-6-3-7-13-19)14-8-9-15-24-22(27)31-18-10-4-2-5-11-18/h2-7,10-13,20H,8-9,14-17H2,1H3,(H,24,27)(H,25,28). The molecule has 1 atom stereocenters. The van der Waals surface area contributed by atoms with E-state index in [0.717, 1.165) is 0 Å². The van der Waals surface area contributed by atoms with Gasteiger partial charge in [0.25, 0.3) is 0 Å². The normalized spacial score (nSPS) is 11.2. The second-order valence-corrected chi connectivity index (χ2v) is 6.68. The molecule has 0 aromatic heterocycles. The lowest BCUT2D eigenvalue weighted by atomic mass is 10.1. The number of hydrogen-bond donors (Lipinski definition) is 2. The fourth-order valence-corrected chi connectivity index (χ4v) is 2.64. The SMILES string of the molecule is COCCOC(=O)C(CCCCNC(=O)Oc1ccccc1)NC(=O)Oc1ccccc1. The van der Waals surface area contributed by atoms with Gasteiger partial charge in [0.15, 0.2) is 0 Å². The number of unbranched alkanes of at least 4 members (excludes halogenated alkanes) is 1. The Labute approximate surface area is 187 Å². The first-order valence-corrected chi connectivity index (χ1v) is 10.3. The van der Waals surface area contributed by atoms with E-state index in [-0.39, 0.29) is 13.2 Å². The number of amides is 2. The molecule has 0 spiro atoms. The highest BCUT2D eigenvalue weighted by Gasteiger charge is 2.23. The average Bonchev–Trinajstić information content (AvgIpc) is 2.79. The molecule has 0 saturated heterocycles. The number of esters is 1. The van der Waals surface area contributed by atoms with E-state index >= 15 is 0 Å². The monoisotopic (exact) mass is 444 g/mol. The number of hydrogen-bond acceptors (Lipinski definition) is 7. The molecule has 2 aromatic rings. The van der Waals surface area contributed by atoms with Crippen molar-refractivity contribution in [1.29, 1.82) is 0 Å². The molecule has 0 radical (unpaired) electrons. The van der Waals surface area contributed by atoms with Gasteiger partial charge in [0.05, 0.1) is 6.61 Å². The summed E-state index contributed by atoms with van der Waals surface area (Å²) in [6, 6.07) is 16.4. The molecule has 0 fully saturated rings. The summed E-state index contributed by atoms with van der Waals surface area (Å²) in [5.41, 5.74) is 0. The Morgan fingerprint density at radius 1 is 0.812 bits per heavy atom. The largest absolute Gasteiger partial charge is 0.462 e. The maximum absolute atomic E-state index is 12.3. The molecule has 2 N–H and O–H groups in total.